The molecule has 0 saturated heterocycles. The summed E-state index contributed by atoms with van der Waals surface area (Å²) >= 11 is 0. The van der Waals surface area contributed by atoms with E-state index in [9.17, 15) is 0 Å². The van der Waals surface area contributed by atoms with Crippen molar-refractivity contribution in [2.45, 2.75) is 65.3 Å². The number of hydrogen-bond acceptors (Lipinski definition) is 2. The van der Waals surface area contributed by atoms with Crippen LogP contribution in [0.2, 0.25) is 0 Å². The molecule has 0 amide bonds. The van der Waals surface area contributed by atoms with Crippen molar-refractivity contribution in [3.05, 3.63) is 0 Å². The zero-order valence-corrected chi connectivity index (χ0v) is 12.0. The smallest absolute Gasteiger partial charge is 0.0469 e. The Balaban J connectivity index is 1.98. The predicted molar refractivity (Wildman–Crippen MR) is 74.3 cm³/mol. The fourth-order valence-electron chi connectivity index (χ4n) is 2.84. The molecule has 1 aliphatic rings. The minimum atomic E-state index is 0.763. The maximum atomic E-state index is 5.74. The molecule has 2 nitrogen and oxygen atoms in total. The average Bonchev–Trinajstić information content (AvgIpc) is 2.71. The van der Waals surface area contributed by atoms with Gasteiger partial charge in [0.15, 0.2) is 0 Å². The molecule has 0 aromatic rings. The first-order valence-electron chi connectivity index (χ1n) is 7.55. The van der Waals surface area contributed by atoms with Crippen molar-refractivity contribution in [1.29, 1.82) is 0 Å². The first-order chi connectivity index (χ1) is 8.24. The molecule has 1 saturated carbocycles. The van der Waals surface area contributed by atoms with Crippen LogP contribution in [0.15, 0.2) is 0 Å². The van der Waals surface area contributed by atoms with E-state index in [4.69, 9.17) is 4.74 Å². The fourth-order valence-corrected chi connectivity index (χ4v) is 2.84. The van der Waals surface area contributed by atoms with E-state index in [1.54, 1.807) is 0 Å². The molecule has 0 aromatic carbocycles. The molecule has 0 heterocycles. The Morgan fingerprint density at radius 2 is 2.06 bits per heavy atom. The van der Waals surface area contributed by atoms with E-state index in [-0.39, 0.29) is 0 Å². The zero-order valence-electron chi connectivity index (χ0n) is 12.0. The van der Waals surface area contributed by atoms with E-state index in [0.717, 1.165) is 37.6 Å². The van der Waals surface area contributed by atoms with E-state index in [1.165, 1.54) is 38.5 Å². The van der Waals surface area contributed by atoms with E-state index in [1.807, 2.05) is 0 Å². The molecule has 2 heteroatoms. The summed E-state index contributed by atoms with van der Waals surface area (Å²) in [5.41, 5.74) is 0. The Labute approximate surface area is 108 Å². The van der Waals surface area contributed by atoms with Crippen LogP contribution in [0.4, 0.5) is 0 Å². The highest BCUT2D eigenvalue weighted by atomic mass is 16.5. The minimum Gasteiger partial charge on any atom is -0.381 e. The number of ether oxygens (including phenoxy) is 1. The Morgan fingerprint density at radius 3 is 2.76 bits per heavy atom. The molecule has 0 bridgehead atoms. The molecule has 1 N–H and O–H groups in total. The summed E-state index contributed by atoms with van der Waals surface area (Å²) < 4.78 is 5.74. The van der Waals surface area contributed by atoms with E-state index in [2.05, 4.69) is 26.1 Å². The van der Waals surface area contributed by atoms with Gasteiger partial charge in [0, 0.05) is 19.3 Å². The average molecular weight is 241 g/mol. The van der Waals surface area contributed by atoms with Crippen LogP contribution in [0.5, 0.6) is 0 Å². The summed E-state index contributed by atoms with van der Waals surface area (Å²) in [6.07, 6.45) is 7.93. The molecule has 1 fully saturated rings. The summed E-state index contributed by atoms with van der Waals surface area (Å²) in [5.74, 6) is 1.67. The van der Waals surface area contributed by atoms with Crippen LogP contribution in [0.1, 0.15) is 59.3 Å². The van der Waals surface area contributed by atoms with Gasteiger partial charge in [0.1, 0.15) is 0 Å². The second-order valence-electron chi connectivity index (χ2n) is 5.79. The van der Waals surface area contributed by atoms with Crippen LogP contribution in [0, 0.1) is 11.8 Å². The van der Waals surface area contributed by atoms with E-state index >= 15 is 0 Å². The molecule has 1 rings (SSSR count). The van der Waals surface area contributed by atoms with E-state index < -0.39 is 0 Å². The summed E-state index contributed by atoms with van der Waals surface area (Å²) in [6, 6.07) is 0.763. The third kappa shape index (κ3) is 6.42. The number of nitrogens with one attached hydrogen (secondary N) is 1. The lowest BCUT2D eigenvalue weighted by atomic mass is 10.00. The van der Waals surface area contributed by atoms with Gasteiger partial charge in [-0.15, -0.1) is 0 Å². The lowest BCUT2D eigenvalue weighted by molar-refractivity contribution is 0.111. The molecule has 102 valence electrons. The summed E-state index contributed by atoms with van der Waals surface area (Å²) in [6.45, 7) is 9.79. The largest absolute Gasteiger partial charge is 0.381 e. The van der Waals surface area contributed by atoms with Crippen LogP contribution < -0.4 is 5.32 Å². The predicted octanol–water partition coefficient (Wildman–Crippen LogP) is 3.61. The lowest BCUT2D eigenvalue weighted by Gasteiger charge is -2.20. The van der Waals surface area contributed by atoms with Gasteiger partial charge in [-0.25, -0.2) is 0 Å². The Hall–Kier alpha value is -0.0800. The molecule has 0 spiro atoms. The first kappa shape index (κ1) is 15.0. The highest BCUT2D eigenvalue weighted by Crippen LogP contribution is 2.28. The first-order valence-corrected chi connectivity index (χ1v) is 7.55. The van der Waals surface area contributed by atoms with Crippen LogP contribution in [-0.2, 0) is 4.74 Å². The van der Waals surface area contributed by atoms with Gasteiger partial charge in [0.05, 0.1) is 0 Å². The molecular weight excluding hydrogens is 210 g/mol. The maximum Gasteiger partial charge on any atom is 0.0469 e. The molecule has 1 aliphatic carbocycles. The van der Waals surface area contributed by atoms with Crippen LogP contribution in [0.3, 0.4) is 0 Å². The van der Waals surface area contributed by atoms with Gasteiger partial charge in [-0.1, -0.05) is 27.2 Å². The van der Waals surface area contributed by atoms with Crippen molar-refractivity contribution in [3.63, 3.8) is 0 Å². The van der Waals surface area contributed by atoms with Crippen molar-refractivity contribution >= 4 is 0 Å². The molecule has 0 aromatic heterocycles. The van der Waals surface area contributed by atoms with Gasteiger partial charge in [-0.05, 0) is 50.5 Å². The molecule has 0 aliphatic heterocycles. The Morgan fingerprint density at radius 1 is 1.24 bits per heavy atom. The van der Waals surface area contributed by atoms with Crippen molar-refractivity contribution in [2.24, 2.45) is 11.8 Å². The molecule has 2 unspecified atom stereocenters. The van der Waals surface area contributed by atoms with Crippen LogP contribution >= 0.6 is 0 Å². The summed E-state index contributed by atoms with van der Waals surface area (Å²) in [7, 11) is 0. The normalized spacial score (nSPS) is 24.7. The van der Waals surface area contributed by atoms with Crippen molar-refractivity contribution in [1.82, 2.24) is 5.32 Å². The highest BCUT2D eigenvalue weighted by molar-refractivity contribution is 4.82. The number of rotatable bonds is 9. The monoisotopic (exact) mass is 241 g/mol. The standard InChI is InChI=1S/C15H31NO/c1-4-16-15-9-5-8-14(15)10-12-17-11-6-7-13(2)3/h13-16H,4-12H2,1-3H3. The minimum absolute atomic E-state index is 0.763. The zero-order chi connectivity index (χ0) is 12.5. The number of hydrogen-bond donors (Lipinski definition) is 1. The van der Waals surface area contributed by atoms with Crippen molar-refractivity contribution < 1.29 is 4.74 Å². The van der Waals surface area contributed by atoms with Gasteiger partial charge in [0.25, 0.3) is 0 Å². The second-order valence-corrected chi connectivity index (χ2v) is 5.79. The van der Waals surface area contributed by atoms with Gasteiger partial charge in [0.2, 0.25) is 0 Å². The Kier molecular flexibility index (Phi) is 7.87. The SMILES string of the molecule is CCNC1CCCC1CCOCCCC(C)C. The van der Waals surface area contributed by atoms with Crippen molar-refractivity contribution in [2.75, 3.05) is 19.8 Å². The molecule has 0 radical (unpaired) electrons. The summed E-state index contributed by atoms with van der Waals surface area (Å²) in [4.78, 5) is 0. The summed E-state index contributed by atoms with van der Waals surface area (Å²) in [5, 5.41) is 3.61. The van der Waals surface area contributed by atoms with Crippen LogP contribution in [0.25, 0.3) is 0 Å². The van der Waals surface area contributed by atoms with Gasteiger partial charge in [-0.2, -0.15) is 0 Å². The van der Waals surface area contributed by atoms with Crippen molar-refractivity contribution in [3.8, 4) is 0 Å². The third-order valence-electron chi connectivity index (χ3n) is 3.83. The lowest BCUT2D eigenvalue weighted by Crippen LogP contribution is -2.32. The topological polar surface area (TPSA) is 21.3 Å². The molecule has 2 atom stereocenters. The van der Waals surface area contributed by atoms with E-state index in [0.29, 0.717) is 0 Å². The Bertz CT molecular complexity index is 182. The molecule has 17 heavy (non-hydrogen) atoms. The quantitative estimate of drug-likeness (QED) is 0.623. The van der Waals surface area contributed by atoms with Gasteiger partial charge in [-0.3, -0.25) is 0 Å². The molecular formula is C15H31NO. The second kappa shape index (κ2) is 8.93. The highest BCUT2D eigenvalue weighted by Gasteiger charge is 2.25. The fraction of sp³-hybridized carbons (Fsp3) is 1.00. The van der Waals surface area contributed by atoms with Gasteiger partial charge < -0.3 is 10.1 Å². The maximum absolute atomic E-state index is 5.74. The van der Waals surface area contributed by atoms with Gasteiger partial charge >= 0.3 is 0 Å². The third-order valence-corrected chi connectivity index (χ3v) is 3.83. The van der Waals surface area contributed by atoms with Crippen LogP contribution in [-0.4, -0.2) is 25.8 Å².